The number of fused-ring (bicyclic) bond motifs is 1. The van der Waals surface area contributed by atoms with Crippen LogP contribution in [0.4, 0.5) is 10.1 Å². The molecule has 0 spiro atoms. The minimum absolute atomic E-state index is 0.0935. The monoisotopic (exact) mass is 414 g/mol. The van der Waals surface area contributed by atoms with Crippen LogP contribution in [-0.4, -0.2) is 47.3 Å². The van der Waals surface area contributed by atoms with Crippen molar-refractivity contribution in [2.45, 2.75) is 12.6 Å². The van der Waals surface area contributed by atoms with Gasteiger partial charge in [0.2, 0.25) is 5.01 Å². The van der Waals surface area contributed by atoms with Gasteiger partial charge in [-0.3, -0.25) is 9.69 Å². The summed E-state index contributed by atoms with van der Waals surface area (Å²) in [7, 11) is 1.95. The molecule has 0 unspecified atom stereocenters. The Morgan fingerprint density at radius 2 is 1.97 bits per heavy atom. The van der Waals surface area contributed by atoms with Crippen LogP contribution in [0, 0.1) is 5.82 Å². The number of benzene rings is 2. The van der Waals surface area contributed by atoms with Gasteiger partial charge in [-0.15, -0.1) is 10.2 Å². The number of amides is 1. The largest absolute Gasteiger partial charge is 0.486 e. The first kappa shape index (κ1) is 19.3. The molecule has 9 heteroatoms. The topological polar surface area (TPSA) is 76.6 Å². The van der Waals surface area contributed by atoms with E-state index in [9.17, 15) is 9.18 Å². The molecule has 1 aliphatic rings. The minimum atomic E-state index is -0.372. The third-order valence-corrected chi connectivity index (χ3v) is 5.16. The van der Waals surface area contributed by atoms with Crippen molar-refractivity contribution in [1.82, 2.24) is 15.1 Å². The number of aromatic nitrogens is 2. The summed E-state index contributed by atoms with van der Waals surface area (Å²) >= 11 is 1.22. The van der Waals surface area contributed by atoms with Crippen LogP contribution >= 0.6 is 11.3 Å². The van der Waals surface area contributed by atoms with Crippen LogP contribution in [0.3, 0.4) is 0 Å². The van der Waals surface area contributed by atoms with Gasteiger partial charge in [-0.25, -0.2) is 4.39 Å². The number of para-hydroxylation sites is 2. The van der Waals surface area contributed by atoms with Crippen LogP contribution < -0.4 is 14.8 Å². The van der Waals surface area contributed by atoms with E-state index in [2.05, 4.69) is 15.5 Å². The zero-order chi connectivity index (χ0) is 20.2. The Bertz CT molecular complexity index is 995. The Morgan fingerprint density at radius 1 is 1.21 bits per heavy atom. The quantitative estimate of drug-likeness (QED) is 0.668. The molecule has 4 rings (SSSR count). The summed E-state index contributed by atoms with van der Waals surface area (Å²) in [4.78, 5) is 14.3. The first-order chi connectivity index (χ1) is 14.1. The Morgan fingerprint density at radius 3 is 2.76 bits per heavy atom. The third kappa shape index (κ3) is 4.87. The molecular weight excluding hydrogens is 395 g/mol. The number of likely N-dealkylation sites (N-methyl/N-ethyl adjacent to an activating group) is 1. The molecule has 0 aliphatic carbocycles. The van der Waals surface area contributed by atoms with E-state index >= 15 is 0 Å². The average molecular weight is 414 g/mol. The van der Waals surface area contributed by atoms with E-state index in [1.807, 2.05) is 36.2 Å². The summed E-state index contributed by atoms with van der Waals surface area (Å²) in [6.45, 7) is 1.65. The molecule has 0 bridgehead atoms. The number of hydrogen-bond acceptors (Lipinski definition) is 7. The predicted molar refractivity (Wildman–Crippen MR) is 107 cm³/mol. The number of carbonyl (C=O) groups is 1. The van der Waals surface area contributed by atoms with Crippen LogP contribution in [0.15, 0.2) is 48.5 Å². The van der Waals surface area contributed by atoms with Gasteiger partial charge in [0.1, 0.15) is 23.5 Å². The van der Waals surface area contributed by atoms with Crippen molar-refractivity contribution in [3.63, 3.8) is 0 Å². The van der Waals surface area contributed by atoms with Crippen LogP contribution in [0.1, 0.15) is 14.8 Å². The molecule has 0 fully saturated rings. The minimum Gasteiger partial charge on any atom is -0.486 e. The number of hydrogen-bond donors (Lipinski definition) is 1. The second-order valence-electron chi connectivity index (χ2n) is 6.66. The van der Waals surface area contributed by atoms with E-state index in [1.165, 1.54) is 35.6 Å². The molecule has 1 aromatic heterocycles. The number of nitrogens with zero attached hydrogens (tertiary/aromatic N) is 3. The third-order valence-electron chi connectivity index (χ3n) is 4.25. The van der Waals surface area contributed by atoms with Crippen molar-refractivity contribution in [3.05, 3.63) is 64.4 Å². The van der Waals surface area contributed by atoms with E-state index in [4.69, 9.17) is 9.47 Å². The number of ether oxygens (including phenoxy) is 2. The lowest BCUT2D eigenvalue weighted by molar-refractivity contribution is 0.0637. The fourth-order valence-corrected chi connectivity index (χ4v) is 3.74. The van der Waals surface area contributed by atoms with Gasteiger partial charge in [0.05, 0.1) is 6.54 Å². The van der Waals surface area contributed by atoms with Crippen LogP contribution in [-0.2, 0) is 6.54 Å². The van der Waals surface area contributed by atoms with E-state index in [1.54, 1.807) is 0 Å². The van der Waals surface area contributed by atoms with Crippen molar-refractivity contribution in [2.24, 2.45) is 0 Å². The van der Waals surface area contributed by atoms with Gasteiger partial charge in [0.15, 0.2) is 11.5 Å². The van der Waals surface area contributed by atoms with E-state index in [0.717, 1.165) is 11.5 Å². The molecule has 150 valence electrons. The first-order valence-corrected chi connectivity index (χ1v) is 9.85. The smallest absolute Gasteiger partial charge is 0.286 e. The van der Waals surface area contributed by atoms with Gasteiger partial charge in [-0.1, -0.05) is 23.5 Å². The van der Waals surface area contributed by atoms with Crippen molar-refractivity contribution in [3.8, 4) is 11.5 Å². The molecule has 0 saturated heterocycles. The van der Waals surface area contributed by atoms with Gasteiger partial charge >= 0.3 is 0 Å². The summed E-state index contributed by atoms with van der Waals surface area (Å²) in [5, 5.41) is 11.7. The van der Waals surface area contributed by atoms with E-state index in [-0.39, 0.29) is 22.8 Å². The Hall–Kier alpha value is -3.04. The number of halogens is 1. The SMILES string of the molecule is CN(Cc1nnc(C(=O)Nc2ccc(F)cc2)s1)C[C@H]1COc2ccccc2O1. The maximum Gasteiger partial charge on any atom is 0.286 e. The molecule has 2 heterocycles. The summed E-state index contributed by atoms with van der Waals surface area (Å²) in [6.07, 6.45) is -0.0935. The lowest BCUT2D eigenvalue weighted by Crippen LogP contribution is -2.39. The van der Waals surface area contributed by atoms with Crippen molar-refractivity contribution < 1.29 is 18.7 Å². The highest BCUT2D eigenvalue weighted by molar-refractivity contribution is 7.13. The lowest BCUT2D eigenvalue weighted by atomic mass is 10.2. The number of anilines is 1. The lowest BCUT2D eigenvalue weighted by Gasteiger charge is -2.29. The maximum atomic E-state index is 13.0. The molecule has 1 aliphatic heterocycles. The van der Waals surface area contributed by atoms with Gasteiger partial charge in [0.25, 0.3) is 5.91 Å². The molecule has 2 aromatic carbocycles. The normalized spacial score (nSPS) is 15.3. The van der Waals surface area contributed by atoms with Gasteiger partial charge in [0, 0.05) is 12.2 Å². The van der Waals surface area contributed by atoms with Crippen LogP contribution in [0.2, 0.25) is 0 Å². The molecule has 1 atom stereocenters. The van der Waals surface area contributed by atoms with Crippen molar-refractivity contribution in [1.29, 1.82) is 0 Å². The predicted octanol–water partition coefficient (Wildman–Crippen LogP) is 3.20. The Kier molecular flexibility index (Phi) is 5.68. The molecule has 0 radical (unpaired) electrons. The molecule has 0 saturated carbocycles. The highest BCUT2D eigenvalue weighted by Gasteiger charge is 2.22. The van der Waals surface area contributed by atoms with Gasteiger partial charge in [-0.2, -0.15) is 0 Å². The zero-order valence-corrected chi connectivity index (χ0v) is 16.5. The summed E-state index contributed by atoms with van der Waals surface area (Å²) in [5.74, 6) is 0.767. The molecule has 1 amide bonds. The molecular formula is C20H19FN4O3S. The summed E-state index contributed by atoms with van der Waals surface area (Å²) in [6, 6.07) is 13.1. The van der Waals surface area contributed by atoms with Crippen molar-refractivity contribution >= 4 is 22.9 Å². The number of nitrogens with one attached hydrogen (secondary N) is 1. The van der Waals surface area contributed by atoms with Crippen molar-refractivity contribution in [2.75, 3.05) is 25.5 Å². The summed E-state index contributed by atoms with van der Waals surface area (Å²) < 4.78 is 24.7. The number of carbonyl (C=O) groups excluding carboxylic acids is 1. The molecule has 1 N–H and O–H groups in total. The standard InChI is InChI=1S/C20H19FN4O3S/c1-25(10-15-12-27-16-4-2-3-5-17(16)28-15)11-18-23-24-20(29-18)19(26)22-14-8-6-13(21)7-9-14/h2-9,15H,10-12H2,1H3,(H,22,26)/t15-/m0/s1. The molecule has 7 nitrogen and oxygen atoms in total. The maximum absolute atomic E-state index is 13.0. The van der Waals surface area contributed by atoms with E-state index in [0.29, 0.717) is 30.4 Å². The zero-order valence-electron chi connectivity index (χ0n) is 15.7. The molecule has 3 aromatic rings. The Labute approximate surface area is 171 Å². The van der Waals surface area contributed by atoms with Gasteiger partial charge in [-0.05, 0) is 43.4 Å². The second kappa shape index (κ2) is 8.54. The highest BCUT2D eigenvalue weighted by Crippen LogP contribution is 2.31. The van der Waals surface area contributed by atoms with Crippen LogP contribution in [0.25, 0.3) is 0 Å². The average Bonchev–Trinajstić information content (AvgIpc) is 3.18. The fraction of sp³-hybridized carbons (Fsp3) is 0.250. The van der Waals surface area contributed by atoms with E-state index < -0.39 is 0 Å². The first-order valence-electron chi connectivity index (χ1n) is 9.03. The Balaban J connectivity index is 1.30. The summed E-state index contributed by atoms with van der Waals surface area (Å²) in [5.41, 5.74) is 0.500. The second-order valence-corrected chi connectivity index (χ2v) is 7.72. The van der Waals surface area contributed by atoms with Crippen LogP contribution in [0.5, 0.6) is 11.5 Å². The fourth-order valence-electron chi connectivity index (χ4n) is 2.92. The number of rotatable bonds is 6. The van der Waals surface area contributed by atoms with Gasteiger partial charge < -0.3 is 14.8 Å². The molecule has 29 heavy (non-hydrogen) atoms. The highest BCUT2D eigenvalue weighted by atomic mass is 32.1.